The normalized spacial score (nSPS) is 14.6. The Balaban J connectivity index is 1.76. The van der Waals surface area contributed by atoms with Gasteiger partial charge in [0.15, 0.2) is 5.75 Å². The molecule has 0 spiro atoms. The number of amides is 4. The van der Waals surface area contributed by atoms with Crippen LogP contribution >= 0.6 is 0 Å². The summed E-state index contributed by atoms with van der Waals surface area (Å²) in [5, 5.41) is 15.7. The molecule has 0 unspecified atom stereocenters. The summed E-state index contributed by atoms with van der Waals surface area (Å²) in [4.78, 5) is 47.8. The van der Waals surface area contributed by atoms with Crippen LogP contribution in [0.1, 0.15) is 5.56 Å². The number of rotatable bonds is 6. The molecular weight excluding hydrogens is 399 g/mol. The first-order valence-electron chi connectivity index (χ1n) is 8.51. The van der Waals surface area contributed by atoms with Crippen LogP contribution in [0.4, 0.5) is 20.6 Å². The molecule has 0 aliphatic carbocycles. The van der Waals surface area contributed by atoms with Crippen LogP contribution in [0.2, 0.25) is 0 Å². The van der Waals surface area contributed by atoms with Gasteiger partial charge in [0.05, 0.1) is 17.7 Å². The number of hydrogen-bond donors (Lipinski definition) is 2. The minimum absolute atomic E-state index is 0.0374. The highest BCUT2D eigenvalue weighted by Gasteiger charge is 2.35. The Morgan fingerprint density at radius 2 is 2.03 bits per heavy atom. The number of anilines is 1. The van der Waals surface area contributed by atoms with E-state index in [2.05, 4.69) is 10.6 Å². The number of benzene rings is 2. The van der Waals surface area contributed by atoms with Gasteiger partial charge in [0.25, 0.3) is 5.91 Å². The summed E-state index contributed by atoms with van der Waals surface area (Å²) >= 11 is 0. The van der Waals surface area contributed by atoms with Crippen molar-refractivity contribution in [2.45, 2.75) is 0 Å². The third-order valence-corrected chi connectivity index (χ3v) is 4.12. The zero-order valence-corrected chi connectivity index (χ0v) is 15.5. The summed E-state index contributed by atoms with van der Waals surface area (Å²) in [6.45, 7) is -0.640. The number of urea groups is 1. The quantitative estimate of drug-likeness (QED) is 0.323. The first-order valence-corrected chi connectivity index (χ1v) is 8.51. The lowest BCUT2D eigenvalue weighted by Crippen LogP contribution is -2.38. The zero-order valence-electron chi connectivity index (χ0n) is 15.5. The standard InChI is InChI=1S/C19H15FN4O6/c1-30-16-7-6-11(9-15(16)24(28)29)8-14-18(26)23(19(27)22-14)10-17(25)21-13-5-3-2-4-12(13)20/h2-9H,10H2,1H3,(H,21,25)(H,22,27)/b14-8+. The molecule has 0 aromatic heterocycles. The minimum atomic E-state index is -0.849. The third-order valence-electron chi connectivity index (χ3n) is 4.12. The first kappa shape index (κ1) is 20.5. The third kappa shape index (κ3) is 4.24. The van der Waals surface area contributed by atoms with Crippen molar-refractivity contribution in [2.24, 2.45) is 0 Å². The smallest absolute Gasteiger partial charge is 0.329 e. The van der Waals surface area contributed by atoms with Gasteiger partial charge in [-0.2, -0.15) is 0 Å². The summed E-state index contributed by atoms with van der Waals surface area (Å²) in [5.74, 6) is -2.20. The van der Waals surface area contributed by atoms with Crippen LogP contribution in [-0.4, -0.2) is 41.3 Å². The van der Waals surface area contributed by atoms with E-state index >= 15 is 0 Å². The Bertz CT molecular complexity index is 1080. The Morgan fingerprint density at radius 1 is 1.30 bits per heavy atom. The van der Waals surface area contributed by atoms with Gasteiger partial charge in [-0.15, -0.1) is 0 Å². The summed E-state index contributed by atoms with van der Waals surface area (Å²) in [6.07, 6.45) is 1.24. The molecule has 0 bridgehead atoms. The van der Waals surface area contributed by atoms with E-state index in [9.17, 15) is 28.9 Å². The molecule has 2 aromatic carbocycles. The van der Waals surface area contributed by atoms with E-state index in [4.69, 9.17) is 4.74 Å². The highest BCUT2D eigenvalue weighted by Crippen LogP contribution is 2.28. The number of para-hydroxylation sites is 1. The lowest BCUT2D eigenvalue weighted by Gasteiger charge is -2.12. The number of nitro benzene ring substituents is 1. The summed E-state index contributed by atoms with van der Waals surface area (Å²) < 4.78 is 18.5. The fourth-order valence-corrected chi connectivity index (χ4v) is 2.72. The Hall–Kier alpha value is -4.28. The predicted molar refractivity (Wildman–Crippen MR) is 103 cm³/mol. The van der Waals surface area contributed by atoms with Crippen molar-refractivity contribution in [1.82, 2.24) is 10.2 Å². The number of imide groups is 1. The number of carbonyl (C=O) groups excluding carboxylic acids is 3. The fraction of sp³-hybridized carbons (Fsp3) is 0.105. The predicted octanol–water partition coefficient (Wildman–Crippen LogP) is 2.27. The molecule has 10 nitrogen and oxygen atoms in total. The largest absolute Gasteiger partial charge is 0.490 e. The van der Waals surface area contributed by atoms with E-state index in [1.807, 2.05) is 0 Å². The zero-order chi connectivity index (χ0) is 21.8. The second-order valence-electron chi connectivity index (χ2n) is 6.10. The van der Waals surface area contributed by atoms with Gasteiger partial charge < -0.3 is 15.4 Å². The van der Waals surface area contributed by atoms with Crippen molar-refractivity contribution in [3.63, 3.8) is 0 Å². The Morgan fingerprint density at radius 3 is 2.70 bits per heavy atom. The van der Waals surface area contributed by atoms with Crippen LogP contribution in [0.3, 0.4) is 0 Å². The molecule has 1 aliphatic heterocycles. The molecule has 11 heteroatoms. The summed E-state index contributed by atoms with van der Waals surface area (Å²) in [6, 6.07) is 8.59. The maximum Gasteiger partial charge on any atom is 0.329 e. The number of halogens is 1. The van der Waals surface area contributed by atoms with Gasteiger partial charge in [0.2, 0.25) is 5.91 Å². The van der Waals surface area contributed by atoms with E-state index in [1.165, 1.54) is 49.6 Å². The first-order chi connectivity index (χ1) is 14.3. The van der Waals surface area contributed by atoms with E-state index in [-0.39, 0.29) is 28.4 Å². The molecule has 0 radical (unpaired) electrons. The SMILES string of the molecule is COc1ccc(/C=C2/NC(=O)N(CC(=O)Nc3ccccc3F)C2=O)cc1[N+](=O)[O-]. The maximum atomic E-state index is 13.6. The number of nitro groups is 1. The van der Waals surface area contributed by atoms with Crippen molar-refractivity contribution in [3.05, 3.63) is 69.7 Å². The van der Waals surface area contributed by atoms with Gasteiger partial charge in [-0.25, -0.2) is 14.1 Å². The van der Waals surface area contributed by atoms with E-state index in [1.54, 1.807) is 0 Å². The topological polar surface area (TPSA) is 131 Å². The molecular formula is C19H15FN4O6. The lowest BCUT2D eigenvalue weighted by molar-refractivity contribution is -0.385. The fourth-order valence-electron chi connectivity index (χ4n) is 2.72. The molecule has 1 fully saturated rings. The number of hydrogen-bond acceptors (Lipinski definition) is 6. The number of nitrogens with zero attached hydrogens (tertiary/aromatic N) is 2. The molecule has 3 rings (SSSR count). The van der Waals surface area contributed by atoms with E-state index < -0.39 is 35.1 Å². The molecule has 154 valence electrons. The molecule has 0 saturated carbocycles. The van der Waals surface area contributed by atoms with E-state index in [0.29, 0.717) is 4.90 Å². The second kappa shape index (κ2) is 8.39. The highest BCUT2D eigenvalue weighted by atomic mass is 19.1. The van der Waals surface area contributed by atoms with E-state index in [0.717, 1.165) is 6.07 Å². The van der Waals surface area contributed by atoms with Crippen molar-refractivity contribution in [2.75, 3.05) is 19.0 Å². The van der Waals surface area contributed by atoms with Gasteiger partial charge in [-0.1, -0.05) is 18.2 Å². The van der Waals surface area contributed by atoms with Gasteiger partial charge in [0, 0.05) is 6.07 Å². The van der Waals surface area contributed by atoms with Crippen molar-refractivity contribution in [3.8, 4) is 5.75 Å². The van der Waals surface area contributed by atoms with Crippen LogP contribution < -0.4 is 15.4 Å². The molecule has 4 amide bonds. The van der Waals surface area contributed by atoms with Gasteiger partial charge in [-0.05, 0) is 29.8 Å². The molecule has 1 aliphatic rings. The highest BCUT2D eigenvalue weighted by molar-refractivity contribution is 6.16. The van der Waals surface area contributed by atoms with Crippen molar-refractivity contribution >= 4 is 35.3 Å². The monoisotopic (exact) mass is 414 g/mol. The molecule has 1 heterocycles. The number of carbonyl (C=O) groups is 3. The van der Waals surface area contributed by atoms with Crippen LogP contribution in [0.25, 0.3) is 6.08 Å². The number of methoxy groups -OCH3 is 1. The second-order valence-corrected chi connectivity index (χ2v) is 6.10. The van der Waals surface area contributed by atoms with Crippen molar-refractivity contribution in [1.29, 1.82) is 0 Å². The lowest BCUT2D eigenvalue weighted by atomic mass is 10.1. The minimum Gasteiger partial charge on any atom is -0.490 e. The summed E-state index contributed by atoms with van der Waals surface area (Å²) in [5.41, 5.74) is -0.303. The maximum absolute atomic E-state index is 13.6. The van der Waals surface area contributed by atoms with Gasteiger partial charge in [0.1, 0.15) is 18.1 Å². The van der Waals surface area contributed by atoms with Crippen LogP contribution in [0.5, 0.6) is 5.75 Å². The van der Waals surface area contributed by atoms with Gasteiger partial charge >= 0.3 is 11.7 Å². The molecule has 0 atom stereocenters. The molecule has 1 saturated heterocycles. The Kier molecular flexibility index (Phi) is 5.72. The number of nitrogens with one attached hydrogen (secondary N) is 2. The average molecular weight is 414 g/mol. The average Bonchev–Trinajstić information content (AvgIpc) is 2.97. The van der Waals surface area contributed by atoms with Crippen LogP contribution in [-0.2, 0) is 9.59 Å². The number of ether oxygens (including phenoxy) is 1. The molecule has 2 N–H and O–H groups in total. The van der Waals surface area contributed by atoms with Gasteiger partial charge in [-0.3, -0.25) is 19.7 Å². The van der Waals surface area contributed by atoms with Crippen LogP contribution in [0.15, 0.2) is 48.2 Å². The summed E-state index contributed by atoms with van der Waals surface area (Å²) in [7, 11) is 1.28. The molecule has 2 aromatic rings. The van der Waals surface area contributed by atoms with Crippen molar-refractivity contribution < 1.29 is 28.4 Å². The molecule has 30 heavy (non-hydrogen) atoms. The van der Waals surface area contributed by atoms with Crippen LogP contribution in [0, 0.1) is 15.9 Å². The Labute approximate surface area is 169 Å².